The third kappa shape index (κ3) is 7.45. The molecule has 0 spiro atoms. The van der Waals surface area contributed by atoms with Crippen LogP contribution in [0.4, 0.5) is 18.9 Å². The fraction of sp³-hybridized carbons (Fsp3) is 0.333. The number of carboxylic acids is 1. The number of carbonyl (C=O) groups is 2. The van der Waals surface area contributed by atoms with Gasteiger partial charge in [-0.25, -0.2) is 4.79 Å². The highest BCUT2D eigenvalue weighted by atomic mass is 19.4. The van der Waals surface area contributed by atoms with E-state index in [4.69, 9.17) is 25.5 Å². The monoisotopic (exact) mass is 324 g/mol. The first-order chi connectivity index (χ1) is 10.1. The molecule has 0 saturated heterocycles. The Morgan fingerprint density at radius 1 is 1.41 bits per heavy atom. The molecule has 7 nitrogen and oxygen atoms in total. The van der Waals surface area contributed by atoms with Crippen LogP contribution in [0.5, 0.6) is 5.75 Å². The lowest BCUT2D eigenvalue weighted by molar-refractivity contribution is -0.192. The van der Waals surface area contributed by atoms with E-state index in [0.29, 0.717) is 11.4 Å². The average molecular weight is 324 g/mol. The zero-order chi connectivity index (χ0) is 17.3. The van der Waals surface area contributed by atoms with Crippen molar-refractivity contribution in [3.05, 3.63) is 24.3 Å². The first-order valence-corrected chi connectivity index (χ1v) is 5.73. The number of benzene rings is 1. The number of carboxylic acid groups (broad SMARTS) is 1. The summed E-state index contributed by atoms with van der Waals surface area (Å²) in [5, 5.41) is 18.4. The van der Waals surface area contributed by atoms with E-state index in [0.717, 1.165) is 0 Å². The Morgan fingerprint density at radius 2 is 1.95 bits per heavy atom. The maximum atomic E-state index is 11.3. The molecule has 1 atom stereocenters. The normalized spacial score (nSPS) is 11.7. The van der Waals surface area contributed by atoms with Crippen molar-refractivity contribution in [2.75, 3.05) is 19.0 Å². The molecule has 5 N–H and O–H groups in total. The van der Waals surface area contributed by atoms with Crippen LogP contribution in [0, 0.1) is 0 Å². The molecule has 0 aliphatic carbocycles. The van der Waals surface area contributed by atoms with Crippen LogP contribution in [0.1, 0.15) is 0 Å². The van der Waals surface area contributed by atoms with Gasteiger partial charge in [-0.1, -0.05) is 6.07 Å². The number of aliphatic hydroxyl groups excluding tert-OH is 1. The lowest BCUT2D eigenvalue weighted by atomic mass is 10.2. The molecule has 1 aromatic carbocycles. The molecule has 1 rings (SSSR count). The van der Waals surface area contributed by atoms with E-state index >= 15 is 0 Å². The minimum Gasteiger partial charge on any atom is -0.497 e. The number of ether oxygens (including phenoxy) is 1. The van der Waals surface area contributed by atoms with Gasteiger partial charge in [0.2, 0.25) is 5.91 Å². The molecule has 1 unspecified atom stereocenters. The van der Waals surface area contributed by atoms with Crippen molar-refractivity contribution >= 4 is 17.6 Å². The molecule has 22 heavy (non-hydrogen) atoms. The highest BCUT2D eigenvalue weighted by molar-refractivity contribution is 5.94. The van der Waals surface area contributed by atoms with Gasteiger partial charge in [0, 0.05) is 11.8 Å². The van der Waals surface area contributed by atoms with Gasteiger partial charge in [-0.2, -0.15) is 13.2 Å². The number of anilines is 1. The number of aliphatic carboxylic acids is 1. The van der Waals surface area contributed by atoms with Crippen LogP contribution in [0.2, 0.25) is 0 Å². The molecule has 0 radical (unpaired) electrons. The van der Waals surface area contributed by atoms with E-state index in [-0.39, 0.29) is 6.61 Å². The standard InChI is InChI=1S/C10H14N2O3.C2HF3O2/c1-15-8-4-2-3-7(5-8)12-10(14)9(11)6-13;3-2(4,5)1(6)7/h2-5,9,13H,6,11H2,1H3,(H,12,14);(H,6,7). The Labute approximate surface area is 123 Å². The number of carbonyl (C=O) groups excluding carboxylic acids is 1. The van der Waals surface area contributed by atoms with E-state index in [2.05, 4.69) is 5.32 Å². The van der Waals surface area contributed by atoms with E-state index in [1.165, 1.54) is 0 Å². The maximum absolute atomic E-state index is 11.3. The van der Waals surface area contributed by atoms with Gasteiger partial charge in [-0.05, 0) is 12.1 Å². The topological polar surface area (TPSA) is 122 Å². The number of aliphatic hydroxyl groups is 1. The summed E-state index contributed by atoms with van der Waals surface area (Å²) in [5.41, 5.74) is 5.93. The molecule has 0 saturated carbocycles. The molecular formula is C12H15F3N2O5. The van der Waals surface area contributed by atoms with Crippen LogP contribution in [0.15, 0.2) is 24.3 Å². The molecule has 124 valence electrons. The summed E-state index contributed by atoms with van der Waals surface area (Å²) < 4.78 is 36.7. The number of amides is 1. The lowest BCUT2D eigenvalue weighted by Gasteiger charge is -2.10. The number of alkyl halides is 3. The molecule has 1 aromatic rings. The highest BCUT2D eigenvalue weighted by Crippen LogP contribution is 2.16. The van der Waals surface area contributed by atoms with Crippen molar-refractivity contribution in [3.8, 4) is 5.75 Å². The summed E-state index contributed by atoms with van der Waals surface area (Å²) in [6, 6.07) is 5.99. The zero-order valence-corrected chi connectivity index (χ0v) is 11.4. The number of halogens is 3. The number of nitrogens with one attached hydrogen (secondary N) is 1. The Balaban J connectivity index is 0.000000534. The van der Waals surface area contributed by atoms with Crippen LogP contribution < -0.4 is 15.8 Å². The SMILES string of the molecule is COc1cccc(NC(=O)C(N)CO)c1.O=C(O)C(F)(F)F. The fourth-order valence-corrected chi connectivity index (χ4v) is 1.02. The van der Waals surface area contributed by atoms with Crippen molar-refractivity contribution in [3.63, 3.8) is 0 Å². The number of hydrogen-bond donors (Lipinski definition) is 4. The Bertz CT molecular complexity index is 508. The zero-order valence-electron chi connectivity index (χ0n) is 11.4. The van der Waals surface area contributed by atoms with Crippen LogP contribution >= 0.6 is 0 Å². The molecule has 1 amide bonds. The van der Waals surface area contributed by atoms with E-state index in [1.807, 2.05) is 0 Å². The van der Waals surface area contributed by atoms with Gasteiger partial charge < -0.3 is 26.0 Å². The summed E-state index contributed by atoms with van der Waals surface area (Å²) >= 11 is 0. The third-order valence-corrected chi connectivity index (χ3v) is 2.11. The fourth-order valence-electron chi connectivity index (χ4n) is 1.02. The molecule has 0 aliphatic heterocycles. The quantitative estimate of drug-likeness (QED) is 0.643. The van der Waals surface area contributed by atoms with Crippen molar-refractivity contribution in [2.24, 2.45) is 5.73 Å². The predicted molar refractivity (Wildman–Crippen MR) is 70.4 cm³/mol. The lowest BCUT2D eigenvalue weighted by Crippen LogP contribution is -2.38. The van der Waals surface area contributed by atoms with Gasteiger partial charge in [-0.3, -0.25) is 4.79 Å². The van der Waals surface area contributed by atoms with Gasteiger partial charge in [0.1, 0.15) is 11.8 Å². The summed E-state index contributed by atoms with van der Waals surface area (Å²) in [7, 11) is 1.54. The van der Waals surface area contributed by atoms with Gasteiger partial charge in [0.15, 0.2) is 0 Å². The minimum absolute atomic E-state index is 0.379. The molecule has 0 heterocycles. The van der Waals surface area contributed by atoms with Crippen molar-refractivity contribution < 1.29 is 37.7 Å². The molecule has 10 heteroatoms. The summed E-state index contributed by atoms with van der Waals surface area (Å²) in [5.74, 6) is -2.54. The van der Waals surface area contributed by atoms with Crippen molar-refractivity contribution in [1.82, 2.24) is 0 Å². The number of nitrogens with two attached hydrogens (primary N) is 1. The highest BCUT2D eigenvalue weighted by Gasteiger charge is 2.38. The van der Waals surface area contributed by atoms with Gasteiger partial charge in [0.05, 0.1) is 13.7 Å². The van der Waals surface area contributed by atoms with Crippen LogP contribution in [-0.2, 0) is 9.59 Å². The van der Waals surface area contributed by atoms with Crippen molar-refractivity contribution in [1.29, 1.82) is 0 Å². The average Bonchev–Trinajstić information content (AvgIpc) is 2.46. The molecule has 0 aromatic heterocycles. The summed E-state index contributed by atoms with van der Waals surface area (Å²) in [4.78, 5) is 20.2. The van der Waals surface area contributed by atoms with Crippen molar-refractivity contribution in [2.45, 2.75) is 12.2 Å². The number of rotatable bonds is 4. The summed E-state index contributed by atoms with van der Waals surface area (Å²) in [6.45, 7) is -0.379. The van der Waals surface area contributed by atoms with Gasteiger partial charge >= 0.3 is 12.1 Å². The first kappa shape index (κ1) is 19.7. The second-order valence-electron chi connectivity index (χ2n) is 3.81. The van der Waals surface area contributed by atoms with Gasteiger partial charge in [0.25, 0.3) is 0 Å². The molecule has 0 bridgehead atoms. The van der Waals surface area contributed by atoms with E-state index in [9.17, 15) is 18.0 Å². The van der Waals surface area contributed by atoms with E-state index < -0.39 is 24.1 Å². The first-order valence-electron chi connectivity index (χ1n) is 5.73. The minimum atomic E-state index is -5.08. The Kier molecular flexibility index (Phi) is 7.91. The molecular weight excluding hydrogens is 309 g/mol. The predicted octanol–water partition coefficient (Wildman–Crippen LogP) is 0.587. The number of hydrogen-bond acceptors (Lipinski definition) is 5. The van der Waals surface area contributed by atoms with Crippen LogP contribution in [0.3, 0.4) is 0 Å². The summed E-state index contributed by atoms with van der Waals surface area (Å²) in [6.07, 6.45) is -5.08. The van der Waals surface area contributed by atoms with E-state index in [1.54, 1.807) is 31.4 Å². The largest absolute Gasteiger partial charge is 0.497 e. The van der Waals surface area contributed by atoms with Gasteiger partial charge in [-0.15, -0.1) is 0 Å². The van der Waals surface area contributed by atoms with Crippen LogP contribution in [0.25, 0.3) is 0 Å². The second kappa shape index (κ2) is 8.85. The smallest absolute Gasteiger partial charge is 0.490 e. The maximum Gasteiger partial charge on any atom is 0.490 e. The third-order valence-electron chi connectivity index (χ3n) is 2.11. The molecule has 0 aliphatic rings. The van der Waals surface area contributed by atoms with Crippen LogP contribution in [-0.4, -0.2) is 48.0 Å². The Hall–Kier alpha value is -2.33. The second-order valence-corrected chi connectivity index (χ2v) is 3.81. The number of methoxy groups -OCH3 is 1. The Morgan fingerprint density at radius 3 is 2.36 bits per heavy atom. The molecule has 0 fully saturated rings.